The fraction of sp³-hybridized carbons (Fsp3) is 0.364. The Kier molecular flexibility index (Phi) is 6.24. The van der Waals surface area contributed by atoms with Crippen LogP contribution < -0.4 is 5.32 Å². The zero-order valence-corrected chi connectivity index (χ0v) is 15.8. The van der Waals surface area contributed by atoms with Gasteiger partial charge < -0.3 is 10.1 Å². The van der Waals surface area contributed by atoms with E-state index in [1.807, 2.05) is 62.4 Å². The van der Waals surface area contributed by atoms with E-state index in [9.17, 15) is 9.59 Å². The van der Waals surface area contributed by atoms with Crippen LogP contribution in [0.3, 0.4) is 0 Å². The summed E-state index contributed by atoms with van der Waals surface area (Å²) in [7, 11) is 0. The van der Waals surface area contributed by atoms with Crippen LogP contribution in [0.1, 0.15) is 31.1 Å². The normalized spacial score (nSPS) is 18.0. The van der Waals surface area contributed by atoms with Gasteiger partial charge in [0.25, 0.3) is 5.91 Å². The highest BCUT2D eigenvalue weighted by Gasteiger charge is 2.45. The van der Waals surface area contributed by atoms with Gasteiger partial charge in [0.15, 0.2) is 0 Å². The Balaban J connectivity index is 1.62. The molecule has 2 atom stereocenters. The van der Waals surface area contributed by atoms with Crippen LogP contribution in [0.4, 0.5) is 4.79 Å². The van der Waals surface area contributed by atoms with Gasteiger partial charge in [0.05, 0.1) is 6.04 Å². The number of carbonyl (C=O) groups excluding carboxylic acids is 2. The molecule has 0 spiro atoms. The molecule has 3 rings (SSSR count). The molecule has 0 radical (unpaired) electrons. The van der Waals surface area contributed by atoms with Crippen LogP contribution in [-0.2, 0) is 16.0 Å². The summed E-state index contributed by atoms with van der Waals surface area (Å²) in [5.74, 6) is -0.157. The molecule has 2 aromatic carbocycles. The van der Waals surface area contributed by atoms with E-state index in [0.29, 0.717) is 12.1 Å². The zero-order valence-electron chi connectivity index (χ0n) is 15.8. The summed E-state index contributed by atoms with van der Waals surface area (Å²) >= 11 is 0. The lowest BCUT2D eigenvalue weighted by Crippen LogP contribution is -2.48. The maximum atomic E-state index is 12.9. The molecule has 1 aliphatic heterocycles. The van der Waals surface area contributed by atoms with Crippen molar-refractivity contribution in [2.24, 2.45) is 5.92 Å². The van der Waals surface area contributed by atoms with Crippen molar-refractivity contribution in [3.63, 3.8) is 0 Å². The quantitative estimate of drug-likeness (QED) is 0.726. The summed E-state index contributed by atoms with van der Waals surface area (Å²) in [6.45, 7) is 5.36. The summed E-state index contributed by atoms with van der Waals surface area (Å²) < 4.78 is 5.39. The maximum absolute atomic E-state index is 12.9. The molecule has 0 aromatic heterocycles. The number of nitrogens with zero attached hydrogens (tertiary/aromatic N) is 1. The van der Waals surface area contributed by atoms with Crippen molar-refractivity contribution in [1.82, 2.24) is 10.2 Å². The first kappa shape index (κ1) is 19.1. The predicted octanol–water partition coefficient (Wildman–Crippen LogP) is 3.56. The van der Waals surface area contributed by atoms with Crippen LogP contribution in [0, 0.1) is 5.92 Å². The third-order valence-corrected chi connectivity index (χ3v) is 4.87. The Hall–Kier alpha value is -2.66. The number of benzene rings is 2. The number of imide groups is 1. The van der Waals surface area contributed by atoms with Crippen molar-refractivity contribution in [3.05, 3.63) is 71.8 Å². The molecule has 1 heterocycles. The Morgan fingerprint density at radius 1 is 1.00 bits per heavy atom. The van der Waals surface area contributed by atoms with Crippen molar-refractivity contribution in [1.29, 1.82) is 0 Å². The van der Waals surface area contributed by atoms with E-state index in [1.165, 1.54) is 10.5 Å². The number of cyclic esters (lactones) is 1. The lowest BCUT2D eigenvalue weighted by atomic mass is 10.0. The monoisotopic (exact) mass is 366 g/mol. The Labute approximate surface area is 160 Å². The molecule has 1 aliphatic rings. The molecule has 2 aromatic rings. The van der Waals surface area contributed by atoms with Crippen molar-refractivity contribution < 1.29 is 14.3 Å². The standard InChI is InChI=1S/C22H26N2O3/c1-16(2)19(15-23-14-13-17-9-5-3-6-10-17)24-21(25)20(27-22(24)26)18-11-7-4-8-12-18/h3-12,16,19-20,23H,13-15H2,1-2H3. The number of rotatable bonds is 8. The van der Waals surface area contributed by atoms with Crippen LogP contribution in [0.2, 0.25) is 0 Å². The van der Waals surface area contributed by atoms with Crippen LogP contribution >= 0.6 is 0 Å². The highest BCUT2D eigenvalue weighted by Crippen LogP contribution is 2.30. The second-order valence-electron chi connectivity index (χ2n) is 7.13. The van der Waals surface area contributed by atoms with E-state index in [-0.39, 0.29) is 17.9 Å². The molecule has 0 bridgehead atoms. The molecular formula is C22H26N2O3. The third-order valence-electron chi connectivity index (χ3n) is 4.87. The highest BCUT2D eigenvalue weighted by atomic mass is 16.6. The predicted molar refractivity (Wildman–Crippen MR) is 104 cm³/mol. The number of ether oxygens (including phenoxy) is 1. The van der Waals surface area contributed by atoms with Crippen LogP contribution in [0.25, 0.3) is 0 Å². The van der Waals surface area contributed by atoms with E-state index < -0.39 is 12.2 Å². The maximum Gasteiger partial charge on any atom is 0.418 e. The summed E-state index contributed by atoms with van der Waals surface area (Å²) in [5.41, 5.74) is 1.96. The molecule has 5 nitrogen and oxygen atoms in total. The number of hydrogen-bond acceptors (Lipinski definition) is 4. The summed E-state index contributed by atoms with van der Waals surface area (Å²) in [5, 5.41) is 3.39. The summed E-state index contributed by atoms with van der Waals surface area (Å²) in [6.07, 6.45) is -0.502. The molecule has 2 amide bonds. The molecule has 0 aliphatic carbocycles. The van der Waals surface area contributed by atoms with Gasteiger partial charge in [-0.3, -0.25) is 4.79 Å². The molecule has 5 heteroatoms. The second kappa shape index (κ2) is 8.82. The molecule has 2 unspecified atom stereocenters. The third kappa shape index (κ3) is 4.55. The van der Waals surface area contributed by atoms with Gasteiger partial charge in [0.2, 0.25) is 6.10 Å². The van der Waals surface area contributed by atoms with Crippen molar-refractivity contribution >= 4 is 12.0 Å². The van der Waals surface area contributed by atoms with Crippen LogP contribution in [0.5, 0.6) is 0 Å². The highest BCUT2D eigenvalue weighted by molar-refractivity contribution is 6.01. The molecular weight excluding hydrogens is 340 g/mol. The average molecular weight is 366 g/mol. The van der Waals surface area contributed by atoms with E-state index in [0.717, 1.165) is 13.0 Å². The number of amides is 2. The number of hydrogen-bond donors (Lipinski definition) is 1. The SMILES string of the molecule is CC(C)C(CNCCc1ccccc1)N1C(=O)OC(c2ccccc2)C1=O. The topological polar surface area (TPSA) is 58.6 Å². The number of nitrogens with one attached hydrogen (secondary N) is 1. The molecule has 27 heavy (non-hydrogen) atoms. The van der Waals surface area contributed by atoms with Crippen LogP contribution in [-0.4, -0.2) is 36.0 Å². The molecule has 1 fully saturated rings. The minimum Gasteiger partial charge on any atom is -0.431 e. The first-order valence-electron chi connectivity index (χ1n) is 9.41. The molecule has 142 valence electrons. The van der Waals surface area contributed by atoms with Gasteiger partial charge in [-0.1, -0.05) is 74.5 Å². The Bertz CT molecular complexity index is 762. The van der Waals surface area contributed by atoms with Gasteiger partial charge in [-0.25, -0.2) is 9.69 Å². The fourth-order valence-corrected chi connectivity index (χ4v) is 3.31. The smallest absolute Gasteiger partial charge is 0.418 e. The van der Waals surface area contributed by atoms with Crippen molar-refractivity contribution in [2.45, 2.75) is 32.4 Å². The van der Waals surface area contributed by atoms with E-state index in [1.54, 1.807) is 0 Å². The van der Waals surface area contributed by atoms with E-state index in [2.05, 4.69) is 17.4 Å². The Morgan fingerprint density at radius 3 is 2.26 bits per heavy atom. The van der Waals surface area contributed by atoms with Gasteiger partial charge in [0.1, 0.15) is 0 Å². The minimum atomic E-state index is -0.843. The lowest BCUT2D eigenvalue weighted by molar-refractivity contribution is -0.131. The first-order chi connectivity index (χ1) is 13.1. The van der Waals surface area contributed by atoms with Crippen molar-refractivity contribution in [3.8, 4) is 0 Å². The van der Waals surface area contributed by atoms with Crippen LogP contribution in [0.15, 0.2) is 60.7 Å². The fourth-order valence-electron chi connectivity index (χ4n) is 3.31. The second-order valence-corrected chi connectivity index (χ2v) is 7.13. The van der Waals surface area contributed by atoms with Gasteiger partial charge in [-0.2, -0.15) is 0 Å². The van der Waals surface area contributed by atoms with Gasteiger partial charge in [0, 0.05) is 12.1 Å². The van der Waals surface area contributed by atoms with Gasteiger partial charge in [-0.05, 0) is 24.4 Å². The Morgan fingerprint density at radius 2 is 1.63 bits per heavy atom. The molecule has 1 N–H and O–H groups in total. The minimum absolute atomic E-state index is 0.125. The van der Waals surface area contributed by atoms with Gasteiger partial charge >= 0.3 is 6.09 Å². The van der Waals surface area contributed by atoms with E-state index in [4.69, 9.17) is 4.74 Å². The summed E-state index contributed by atoms with van der Waals surface area (Å²) in [4.78, 5) is 26.6. The number of carbonyl (C=O) groups is 2. The average Bonchev–Trinajstić information content (AvgIpc) is 2.97. The molecule has 0 saturated carbocycles. The molecule has 1 saturated heterocycles. The van der Waals surface area contributed by atoms with E-state index >= 15 is 0 Å². The first-order valence-corrected chi connectivity index (χ1v) is 9.41. The largest absolute Gasteiger partial charge is 0.431 e. The summed E-state index contributed by atoms with van der Waals surface area (Å²) in [6, 6.07) is 19.1. The van der Waals surface area contributed by atoms with Gasteiger partial charge in [-0.15, -0.1) is 0 Å². The zero-order chi connectivity index (χ0) is 19.2. The lowest BCUT2D eigenvalue weighted by Gasteiger charge is -2.28. The van der Waals surface area contributed by atoms with Crippen molar-refractivity contribution in [2.75, 3.05) is 13.1 Å².